The number of carbonyl (C=O) groups is 1. The van der Waals surface area contributed by atoms with E-state index in [0.717, 1.165) is 29.5 Å². The Labute approximate surface area is 153 Å². The van der Waals surface area contributed by atoms with Gasteiger partial charge in [0, 0.05) is 12.2 Å². The highest BCUT2D eigenvalue weighted by Crippen LogP contribution is 2.69. The highest BCUT2D eigenvalue weighted by molar-refractivity contribution is 5.92. The van der Waals surface area contributed by atoms with Crippen LogP contribution in [0, 0.1) is 37.0 Å². The second-order valence-corrected chi connectivity index (χ2v) is 8.32. The molecule has 2 aromatic rings. The molecule has 2 heterocycles. The van der Waals surface area contributed by atoms with E-state index in [2.05, 4.69) is 32.8 Å². The Morgan fingerprint density at radius 3 is 2.88 bits per heavy atom. The zero-order valence-electron chi connectivity index (χ0n) is 15.3. The van der Waals surface area contributed by atoms with Crippen LogP contribution in [0.5, 0.6) is 0 Å². The van der Waals surface area contributed by atoms with Gasteiger partial charge in [0.1, 0.15) is 5.69 Å². The highest BCUT2D eigenvalue weighted by atomic mass is 16.1. The number of nitrogens with one attached hydrogen (secondary N) is 2. The predicted molar refractivity (Wildman–Crippen MR) is 97.6 cm³/mol. The number of allylic oxidation sites excluding steroid dienone is 2. The number of aromatic amines is 1. The summed E-state index contributed by atoms with van der Waals surface area (Å²) < 4.78 is 1.92. The van der Waals surface area contributed by atoms with E-state index in [1.807, 2.05) is 30.7 Å². The van der Waals surface area contributed by atoms with Gasteiger partial charge in [-0.15, -0.1) is 0 Å². The maximum atomic E-state index is 12.5. The topological polar surface area (TPSA) is 75.6 Å². The molecule has 6 nitrogen and oxygen atoms in total. The highest BCUT2D eigenvalue weighted by Gasteiger charge is 2.62. The molecule has 5 rings (SSSR count). The maximum absolute atomic E-state index is 12.5. The van der Waals surface area contributed by atoms with Crippen LogP contribution in [0.2, 0.25) is 0 Å². The molecule has 1 spiro atoms. The number of nitrogens with zero attached hydrogens (tertiary/aromatic N) is 3. The number of rotatable bonds is 5. The van der Waals surface area contributed by atoms with Crippen LogP contribution in [0.25, 0.3) is 0 Å². The van der Waals surface area contributed by atoms with Crippen molar-refractivity contribution < 1.29 is 4.79 Å². The largest absolute Gasteiger partial charge is 0.350 e. The number of amides is 1. The Hall–Kier alpha value is -2.37. The first-order valence-corrected chi connectivity index (χ1v) is 9.57. The van der Waals surface area contributed by atoms with Gasteiger partial charge in [0.05, 0.1) is 17.9 Å². The van der Waals surface area contributed by atoms with Crippen LogP contribution in [0.3, 0.4) is 0 Å². The molecule has 3 atom stereocenters. The molecule has 0 radical (unpaired) electrons. The Balaban J connectivity index is 1.20. The van der Waals surface area contributed by atoms with Crippen LogP contribution < -0.4 is 5.32 Å². The van der Waals surface area contributed by atoms with Crippen molar-refractivity contribution in [2.45, 2.75) is 39.7 Å². The normalized spacial score (nSPS) is 27.4. The summed E-state index contributed by atoms with van der Waals surface area (Å²) in [4.78, 5) is 12.5. The van der Waals surface area contributed by atoms with E-state index < -0.39 is 0 Å². The van der Waals surface area contributed by atoms with E-state index in [1.165, 1.54) is 19.3 Å². The lowest BCUT2D eigenvalue weighted by Crippen LogP contribution is -2.31. The van der Waals surface area contributed by atoms with Crippen molar-refractivity contribution in [1.82, 2.24) is 25.3 Å². The SMILES string of the molecule is Cc1cc(C)n(Cc2cc(C(=O)NC[C@@H]3C[C@@H]4C=C[C@@H]3C43CC3)n[nH]2)n1. The van der Waals surface area contributed by atoms with Crippen LogP contribution in [-0.4, -0.2) is 32.4 Å². The minimum Gasteiger partial charge on any atom is -0.350 e. The van der Waals surface area contributed by atoms with Crippen molar-refractivity contribution in [2.75, 3.05) is 6.54 Å². The molecule has 2 N–H and O–H groups in total. The average Bonchev–Trinajstić information content (AvgIpc) is 2.84. The number of aromatic nitrogens is 4. The van der Waals surface area contributed by atoms with E-state index >= 15 is 0 Å². The fraction of sp³-hybridized carbons (Fsp3) is 0.550. The van der Waals surface area contributed by atoms with Gasteiger partial charge in [0.2, 0.25) is 0 Å². The van der Waals surface area contributed by atoms with Crippen molar-refractivity contribution in [3.63, 3.8) is 0 Å². The summed E-state index contributed by atoms with van der Waals surface area (Å²) in [6.07, 6.45) is 8.78. The van der Waals surface area contributed by atoms with Gasteiger partial charge in [0.25, 0.3) is 5.91 Å². The molecule has 0 unspecified atom stereocenters. The minimum atomic E-state index is -0.0857. The Morgan fingerprint density at radius 1 is 1.35 bits per heavy atom. The maximum Gasteiger partial charge on any atom is 0.271 e. The van der Waals surface area contributed by atoms with Gasteiger partial charge in [0.15, 0.2) is 0 Å². The van der Waals surface area contributed by atoms with Gasteiger partial charge >= 0.3 is 0 Å². The molecule has 3 aliphatic rings. The third-order valence-corrected chi connectivity index (χ3v) is 6.66. The third-order valence-electron chi connectivity index (χ3n) is 6.66. The summed E-state index contributed by atoms with van der Waals surface area (Å²) in [6.45, 7) is 5.36. The number of hydrogen-bond donors (Lipinski definition) is 2. The molecule has 2 fully saturated rings. The molecule has 0 aromatic carbocycles. The Morgan fingerprint density at radius 2 is 2.19 bits per heavy atom. The summed E-state index contributed by atoms with van der Waals surface area (Å²) in [7, 11) is 0. The van der Waals surface area contributed by atoms with E-state index in [-0.39, 0.29) is 5.91 Å². The van der Waals surface area contributed by atoms with Gasteiger partial charge in [-0.2, -0.15) is 10.2 Å². The molecule has 26 heavy (non-hydrogen) atoms. The molecule has 2 aromatic heterocycles. The molecule has 2 saturated carbocycles. The second-order valence-electron chi connectivity index (χ2n) is 8.32. The Bertz CT molecular complexity index is 888. The summed E-state index contributed by atoms with van der Waals surface area (Å²) in [5.41, 5.74) is 4.02. The molecule has 0 aliphatic heterocycles. The van der Waals surface area contributed by atoms with Gasteiger partial charge in [-0.05, 0) is 68.4 Å². The van der Waals surface area contributed by atoms with E-state index in [9.17, 15) is 4.79 Å². The lowest BCUT2D eigenvalue weighted by molar-refractivity contribution is 0.0939. The standard InChI is InChI=1S/C20H25N5O/c1-12-7-13(2)25(24-12)11-16-9-18(23-22-16)19(26)21-10-14-8-15-3-4-17(14)20(15)5-6-20/h3-4,7,9,14-15,17H,5-6,8,10-11H2,1-2H3,(H,21,26)(H,22,23)/t14-,15-,17-/m0/s1. The van der Waals surface area contributed by atoms with Crippen LogP contribution >= 0.6 is 0 Å². The Kier molecular flexibility index (Phi) is 3.39. The van der Waals surface area contributed by atoms with Crippen molar-refractivity contribution in [3.8, 4) is 0 Å². The molecule has 3 aliphatic carbocycles. The monoisotopic (exact) mass is 351 g/mol. The smallest absolute Gasteiger partial charge is 0.271 e. The first-order chi connectivity index (χ1) is 12.5. The van der Waals surface area contributed by atoms with E-state index in [4.69, 9.17) is 0 Å². The summed E-state index contributed by atoms with van der Waals surface area (Å²) in [5.74, 6) is 1.93. The molecular formula is C20H25N5O. The van der Waals surface area contributed by atoms with Crippen LogP contribution in [0.15, 0.2) is 24.3 Å². The number of hydrogen-bond acceptors (Lipinski definition) is 3. The van der Waals surface area contributed by atoms with Gasteiger partial charge in [-0.25, -0.2) is 0 Å². The predicted octanol–water partition coefficient (Wildman–Crippen LogP) is 2.60. The minimum absolute atomic E-state index is 0.0857. The molecule has 2 bridgehead atoms. The summed E-state index contributed by atoms with van der Waals surface area (Å²) in [5, 5.41) is 14.7. The first-order valence-electron chi connectivity index (χ1n) is 9.57. The number of H-pyrrole nitrogens is 1. The van der Waals surface area contributed by atoms with Crippen LogP contribution in [0.4, 0.5) is 0 Å². The summed E-state index contributed by atoms with van der Waals surface area (Å²) >= 11 is 0. The third kappa shape index (κ3) is 2.42. The van der Waals surface area contributed by atoms with Gasteiger partial charge < -0.3 is 5.32 Å². The molecule has 0 saturated heterocycles. The summed E-state index contributed by atoms with van der Waals surface area (Å²) in [6, 6.07) is 3.87. The quantitative estimate of drug-likeness (QED) is 0.813. The zero-order chi connectivity index (χ0) is 17.9. The van der Waals surface area contributed by atoms with Crippen molar-refractivity contribution in [2.24, 2.45) is 23.2 Å². The molecular weight excluding hydrogens is 326 g/mol. The van der Waals surface area contributed by atoms with Crippen molar-refractivity contribution in [1.29, 1.82) is 0 Å². The lowest BCUT2D eigenvalue weighted by Gasteiger charge is -2.19. The van der Waals surface area contributed by atoms with Crippen LogP contribution in [0.1, 0.15) is 46.8 Å². The number of carbonyl (C=O) groups excluding carboxylic acids is 1. The van der Waals surface area contributed by atoms with E-state index in [1.54, 1.807) is 0 Å². The average molecular weight is 351 g/mol. The molecule has 6 heteroatoms. The lowest BCUT2D eigenvalue weighted by atomic mass is 9.89. The molecule has 136 valence electrons. The first kappa shape index (κ1) is 15.9. The van der Waals surface area contributed by atoms with Gasteiger partial charge in [-0.1, -0.05) is 12.2 Å². The molecule has 1 amide bonds. The van der Waals surface area contributed by atoms with Crippen molar-refractivity contribution in [3.05, 3.63) is 47.1 Å². The van der Waals surface area contributed by atoms with Crippen molar-refractivity contribution >= 4 is 5.91 Å². The van der Waals surface area contributed by atoms with E-state index in [0.29, 0.717) is 29.5 Å². The fourth-order valence-corrected chi connectivity index (χ4v) is 5.23. The van der Waals surface area contributed by atoms with Gasteiger partial charge in [-0.3, -0.25) is 14.6 Å². The van der Waals surface area contributed by atoms with Crippen LogP contribution in [-0.2, 0) is 6.54 Å². The fourth-order valence-electron chi connectivity index (χ4n) is 5.23. The second kappa shape index (κ2) is 5.56. The number of aryl methyl sites for hydroxylation is 2. The zero-order valence-corrected chi connectivity index (χ0v) is 15.3.